The number of benzene rings is 1. The first-order valence-electron chi connectivity index (χ1n) is 9.17. The van der Waals surface area contributed by atoms with E-state index in [1.54, 1.807) is 12.1 Å². The van der Waals surface area contributed by atoms with E-state index in [0.717, 1.165) is 43.0 Å². The number of amides is 1. The molecule has 3 aliphatic rings. The molecule has 2 N–H and O–H groups in total. The van der Waals surface area contributed by atoms with Crippen LogP contribution in [0.4, 0.5) is 5.69 Å². The third-order valence-electron chi connectivity index (χ3n) is 6.89. The van der Waals surface area contributed by atoms with Crippen LogP contribution in [0.5, 0.6) is 0 Å². The minimum absolute atomic E-state index is 0.0380. The first-order chi connectivity index (χ1) is 11.8. The van der Waals surface area contributed by atoms with Crippen molar-refractivity contribution in [1.82, 2.24) is 4.90 Å². The molecule has 1 heterocycles. The Morgan fingerprint density at radius 3 is 2.76 bits per heavy atom. The van der Waals surface area contributed by atoms with E-state index in [1.807, 2.05) is 0 Å². The average Bonchev–Trinajstić information content (AvgIpc) is 3.36. The number of piperidine rings is 1. The van der Waals surface area contributed by atoms with Gasteiger partial charge in [-0.05, 0) is 66.7 Å². The predicted octanol–water partition coefficient (Wildman–Crippen LogP) is 2.63. The van der Waals surface area contributed by atoms with Gasteiger partial charge in [0.05, 0.1) is 4.92 Å². The highest BCUT2D eigenvalue weighted by atomic mass is 16.6. The monoisotopic (exact) mass is 343 g/mol. The minimum Gasteiger partial charge on any atom is -0.365 e. The van der Waals surface area contributed by atoms with Crippen molar-refractivity contribution in [3.05, 3.63) is 38.9 Å². The molecular formula is C19H25N3O3. The smallest absolute Gasteiger partial charge is 0.282 e. The molecule has 6 heteroatoms. The molecule has 134 valence electrons. The van der Waals surface area contributed by atoms with Gasteiger partial charge < -0.3 is 5.73 Å². The number of likely N-dealkylation sites (tertiary alicyclic amines) is 1. The van der Waals surface area contributed by atoms with E-state index < -0.39 is 10.8 Å². The summed E-state index contributed by atoms with van der Waals surface area (Å²) in [6, 6.07) is 3.73. The average molecular weight is 343 g/mol. The second-order valence-corrected chi connectivity index (χ2v) is 8.31. The van der Waals surface area contributed by atoms with Crippen molar-refractivity contribution in [3.63, 3.8) is 0 Å². The molecule has 6 nitrogen and oxygen atoms in total. The molecule has 1 saturated heterocycles. The lowest BCUT2D eigenvalue weighted by molar-refractivity contribution is -0.385. The zero-order chi connectivity index (χ0) is 17.9. The van der Waals surface area contributed by atoms with Crippen LogP contribution < -0.4 is 5.73 Å². The number of hydrogen-bond donors (Lipinski definition) is 1. The second-order valence-electron chi connectivity index (χ2n) is 8.31. The van der Waals surface area contributed by atoms with Crippen molar-refractivity contribution in [1.29, 1.82) is 0 Å². The summed E-state index contributed by atoms with van der Waals surface area (Å²) in [6.45, 7) is 6.75. The van der Waals surface area contributed by atoms with Gasteiger partial charge in [-0.25, -0.2) is 0 Å². The predicted molar refractivity (Wildman–Crippen MR) is 94.5 cm³/mol. The Morgan fingerprint density at radius 1 is 1.44 bits per heavy atom. The lowest BCUT2D eigenvalue weighted by Gasteiger charge is -2.54. The number of hydrogen-bond acceptors (Lipinski definition) is 4. The maximum Gasteiger partial charge on any atom is 0.282 e. The molecule has 1 aromatic rings. The number of fused-ring (bicyclic) bond motifs is 4. The molecule has 25 heavy (non-hydrogen) atoms. The lowest BCUT2D eigenvalue weighted by atomic mass is 9.58. The maximum absolute atomic E-state index is 11.8. The van der Waals surface area contributed by atoms with E-state index in [1.165, 1.54) is 12.8 Å². The van der Waals surface area contributed by atoms with Gasteiger partial charge in [-0.15, -0.1) is 0 Å². The molecule has 0 radical (unpaired) electrons. The van der Waals surface area contributed by atoms with Crippen LogP contribution >= 0.6 is 0 Å². The van der Waals surface area contributed by atoms with Gasteiger partial charge in [-0.1, -0.05) is 13.8 Å². The Hall–Kier alpha value is -1.95. The van der Waals surface area contributed by atoms with Crippen molar-refractivity contribution < 1.29 is 9.72 Å². The molecule has 1 aliphatic heterocycles. The topological polar surface area (TPSA) is 89.5 Å². The van der Waals surface area contributed by atoms with E-state index in [9.17, 15) is 14.9 Å². The number of rotatable bonds is 4. The van der Waals surface area contributed by atoms with Gasteiger partial charge in [0.2, 0.25) is 0 Å². The van der Waals surface area contributed by atoms with E-state index in [-0.39, 0.29) is 16.7 Å². The number of carbonyl (C=O) groups excluding carboxylic acids is 1. The van der Waals surface area contributed by atoms with Crippen LogP contribution in [0.1, 0.15) is 54.6 Å². The van der Waals surface area contributed by atoms with Crippen molar-refractivity contribution in [2.45, 2.75) is 51.0 Å². The molecule has 1 saturated carbocycles. The van der Waals surface area contributed by atoms with Gasteiger partial charge in [-0.2, -0.15) is 0 Å². The summed E-state index contributed by atoms with van der Waals surface area (Å²) < 4.78 is 0. The van der Waals surface area contributed by atoms with E-state index in [0.29, 0.717) is 12.0 Å². The molecule has 2 fully saturated rings. The Bertz CT molecular complexity index is 759. The van der Waals surface area contributed by atoms with Gasteiger partial charge in [0.25, 0.3) is 11.6 Å². The normalized spacial score (nSPS) is 31.4. The van der Waals surface area contributed by atoms with Crippen LogP contribution in [-0.4, -0.2) is 34.9 Å². The zero-order valence-corrected chi connectivity index (χ0v) is 14.8. The standard InChI is InChI=1S/C19H25N3O3/c1-11-16-7-13-8-17(22(24)25)14(18(20)23)9-15(13)19(11,2)5-6-21(16)10-12-3-4-12/h8-9,11-12,16H,3-7,10H2,1-2H3,(H2,20,23)/t11?,16-,19-/m0/s1. The van der Waals surface area contributed by atoms with E-state index in [4.69, 9.17) is 5.73 Å². The van der Waals surface area contributed by atoms with Crippen LogP contribution in [0.2, 0.25) is 0 Å². The third kappa shape index (κ3) is 2.54. The molecule has 1 unspecified atom stereocenters. The summed E-state index contributed by atoms with van der Waals surface area (Å²) in [5.74, 6) is 0.568. The number of carbonyl (C=O) groups is 1. The molecule has 1 aromatic carbocycles. The molecular weight excluding hydrogens is 318 g/mol. The van der Waals surface area contributed by atoms with Gasteiger partial charge in [-0.3, -0.25) is 19.8 Å². The van der Waals surface area contributed by atoms with Crippen LogP contribution in [-0.2, 0) is 11.8 Å². The minimum atomic E-state index is -0.723. The largest absolute Gasteiger partial charge is 0.365 e. The fraction of sp³-hybridized carbons (Fsp3) is 0.632. The van der Waals surface area contributed by atoms with Gasteiger partial charge in [0.15, 0.2) is 0 Å². The van der Waals surface area contributed by atoms with Crippen molar-refractivity contribution in [3.8, 4) is 0 Å². The SMILES string of the molecule is CC1[C@@H]2Cc3cc([N+](=O)[O-])c(C(N)=O)cc3[C@@]1(C)CCN2CC1CC1. The van der Waals surface area contributed by atoms with E-state index in [2.05, 4.69) is 18.7 Å². The molecule has 1 amide bonds. The maximum atomic E-state index is 11.8. The summed E-state index contributed by atoms with van der Waals surface area (Å²) in [4.78, 5) is 25.3. The van der Waals surface area contributed by atoms with Crippen LogP contribution in [0.25, 0.3) is 0 Å². The second kappa shape index (κ2) is 5.53. The molecule has 4 rings (SSSR count). The first-order valence-corrected chi connectivity index (χ1v) is 9.17. The molecule has 2 aliphatic carbocycles. The number of nitrogens with two attached hydrogens (primary N) is 1. The van der Waals surface area contributed by atoms with Crippen LogP contribution in [0.3, 0.4) is 0 Å². The van der Waals surface area contributed by atoms with Crippen molar-refractivity contribution >= 4 is 11.6 Å². The summed E-state index contributed by atoms with van der Waals surface area (Å²) in [5, 5.41) is 11.4. The Balaban J connectivity index is 1.79. The lowest BCUT2D eigenvalue weighted by Crippen LogP contribution is -2.58. The van der Waals surface area contributed by atoms with E-state index >= 15 is 0 Å². The number of primary amides is 1. The molecule has 3 atom stereocenters. The Kier molecular flexibility index (Phi) is 3.65. The third-order valence-corrected chi connectivity index (χ3v) is 6.89. The fourth-order valence-corrected chi connectivity index (χ4v) is 4.96. The quantitative estimate of drug-likeness (QED) is 0.672. The summed E-state index contributed by atoms with van der Waals surface area (Å²) in [7, 11) is 0. The van der Waals surface area contributed by atoms with Crippen LogP contribution in [0, 0.1) is 22.0 Å². The number of nitrogens with zero attached hydrogens (tertiary/aromatic N) is 2. The van der Waals surface area contributed by atoms with Gasteiger partial charge >= 0.3 is 0 Å². The Labute approximate surface area is 147 Å². The van der Waals surface area contributed by atoms with Gasteiger partial charge in [0.1, 0.15) is 5.56 Å². The molecule has 0 aromatic heterocycles. The molecule has 0 spiro atoms. The number of nitro groups is 1. The van der Waals surface area contributed by atoms with Gasteiger partial charge in [0, 0.05) is 18.7 Å². The summed E-state index contributed by atoms with van der Waals surface area (Å²) in [6.07, 6.45) is 4.50. The summed E-state index contributed by atoms with van der Waals surface area (Å²) >= 11 is 0. The highest BCUT2D eigenvalue weighted by Crippen LogP contribution is 2.50. The van der Waals surface area contributed by atoms with Crippen molar-refractivity contribution in [2.24, 2.45) is 17.6 Å². The Morgan fingerprint density at radius 2 is 2.16 bits per heavy atom. The molecule has 2 bridgehead atoms. The zero-order valence-electron chi connectivity index (χ0n) is 14.8. The van der Waals surface area contributed by atoms with Crippen molar-refractivity contribution in [2.75, 3.05) is 13.1 Å². The summed E-state index contributed by atoms with van der Waals surface area (Å²) in [5.41, 5.74) is 7.35. The fourth-order valence-electron chi connectivity index (χ4n) is 4.96. The highest BCUT2D eigenvalue weighted by molar-refractivity contribution is 5.97. The number of nitro benzene ring substituents is 1. The highest BCUT2D eigenvalue weighted by Gasteiger charge is 2.49. The van der Waals surface area contributed by atoms with Crippen LogP contribution in [0.15, 0.2) is 12.1 Å². The first kappa shape index (κ1) is 16.5.